The molecule has 1 fully saturated rings. The molecule has 154 valence electrons. The van der Waals surface area contributed by atoms with Gasteiger partial charge >= 0.3 is 0 Å². The second-order valence-electron chi connectivity index (χ2n) is 7.31. The minimum atomic E-state index is 0.119. The fraction of sp³-hybridized carbons (Fsp3) is 0.476. The van der Waals surface area contributed by atoms with Crippen molar-refractivity contribution in [3.8, 4) is 5.69 Å². The van der Waals surface area contributed by atoms with Gasteiger partial charge in [-0.15, -0.1) is 10.2 Å². The molecule has 29 heavy (non-hydrogen) atoms. The summed E-state index contributed by atoms with van der Waals surface area (Å²) < 4.78 is 2.03. The van der Waals surface area contributed by atoms with E-state index in [0.29, 0.717) is 17.3 Å². The topological polar surface area (TPSA) is 54.3 Å². The molecule has 0 atom stereocenters. The Morgan fingerprint density at radius 3 is 2.76 bits per heavy atom. The van der Waals surface area contributed by atoms with Crippen LogP contribution in [0.5, 0.6) is 0 Å². The number of halogens is 1. The molecule has 4 rings (SSSR count). The van der Waals surface area contributed by atoms with Gasteiger partial charge < -0.3 is 9.80 Å². The van der Waals surface area contributed by atoms with Gasteiger partial charge in [0.1, 0.15) is 0 Å². The number of hydrogen-bond acceptors (Lipinski definition) is 5. The van der Waals surface area contributed by atoms with Crippen LogP contribution in [-0.4, -0.2) is 51.0 Å². The number of carbonyl (C=O) groups is 1. The predicted octanol–water partition coefficient (Wildman–Crippen LogP) is 4.53. The van der Waals surface area contributed by atoms with Crippen LogP contribution in [0.1, 0.15) is 39.0 Å². The number of amides is 1. The van der Waals surface area contributed by atoms with Gasteiger partial charge in [-0.05, 0) is 57.2 Å². The van der Waals surface area contributed by atoms with Gasteiger partial charge in [0.15, 0.2) is 5.16 Å². The van der Waals surface area contributed by atoms with Crippen molar-refractivity contribution in [1.29, 1.82) is 0 Å². The van der Waals surface area contributed by atoms with Crippen molar-refractivity contribution in [2.45, 2.75) is 44.2 Å². The normalized spacial score (nSPS) is 16.3. The van der Waals surface area contributed by atoms with Crippen LogP contribution >= 0.6 is 23.4 Å². The van der Waals surface area contributed by atoms with Crippen molar-refractivity contribution < 1.29 is 4.79 Å². The summed E-state index contributed by atoms with van der Waals surface area (Å²) in [5, 5.41) is 10.3. The molecule has 1 aromatic carbocycles. The van der Waals surface area contributed by atoms with Crippen molar-refractivity contribution in [2.24, 2.45) is 0 Å². The summed E-state index contributed by atoms with van der Waals surface area (Å²) in [7, 11) is 0. The molecule has 1 aliphatic carbocycles. The Balaban J connectivity index is 1.57. The average Bonchev–Trinajstić information content (AvgIpc) is 3.47. The van der Waals surface area contributed by atoms with Gasteiger partial charge in [0, 0.05) is 30.4 Å². The van der Waals surface area contributed by atoms with Crippen molar-refractivity contribution in [3.63, 3.8) is 0 Å². The van der Waals surface area contributed by atoms with Crippen LogP contribution < -0.4 is 4.90 Å². The van der Waals surface area contributed by atoms with E-state index < -0.39 is 0 Å². The van der Waals surface area contributed by atoms with E-state index in [1.165, 1.54) is 11.8 Å². The Labute approximate surface area is 180 Å². The lowest BCUT2D eigenvalue weighted by atomic mass is 10.3. The first kappa shape index (κ1) is 20.3. The Morgan fingerprint density at radius 2 is 2.07 bits per heavy atom. The molecule has 0 bridgehead atoms. The van der Waals surface area contributed by atoms with E-state index in [4.69, 9.17) is 11.6 Å². The Kier molecular flexibility index (Phi) is 6.45. The third-order valence-electron chi connectivity index (χ3n) is 5.38. The molecule has 1 aromatic heterocycles. The van der Waals surface area contributed by atoms with Crippen LogP contribution in [-0.2, 0) is 4.79 Å². The van der Waals surface area contributed by atoms with Crippen molar-refractivity contribution in [2.75, 3.05) is 30.3 Å². The zero-order valence-corrected chi connectivity index (χ0v) is 18.3. The molecule has 6 nitrogen and oxygen atoms in total. The van der Waals surface area contributed by atoms with Crippen LogP contribution in [0.2, 0.25) is 5.02 Å². The summed E-state index contributed by atoms with van der Waals surface area (Å²) in [6.45, 7) is 4.67. The van der Waals surface area contributed by atoms with Crippen LogP contribution in [0, 0.1) is 0 Å². The molecule has 2 aromatic rings. The van der Waals surface area contributed by atoms with E-state index in [9.17, 15) is 4.79 Å². The van der Waals surface area contributed by atoms with Gasteiger partial charge in [0.25, 0.3) is 0 Å². The minimum Gasteiger partial charge on any atom is -0.341 e. The van der Waals surface area contributed by atoms with Crippen LogP contribution in [0.25, 0.3) is 5.69 Å². The SMILES string of the molecule is CCN(C(=O)CSc1nnc(N2CCCC2)n1-c1cccc(Cl)c1)C1=CCCC1. The molecule has 0 spiro atoms. The molecular formula is C21H26ClN5OS. The lowest BCUT2D eigenvalue weighted by Gasteiger charge is -2.22. The zero-order valence-electron chi connectivity index (χ0n) is 16.7. The lowest BCUT2D eigenvalue weighted by Crippen LogP contribution is -2.31. The quantitative estimate of drug-likeness (QED) is 0.603. The molecule has 0 radical (unpaired) electrons. The number of rotatable bonds is 7. The molecule has 0 unspecified atom stereocenters. The summed E-state index contributed by atoms with van der Waals surface area (Å²) >= 11 is 7.68. The number of hydrogen-bond donors (Lipinski definition) is 0. The average molecular weight is 432 g/mol. The summed E-state index contributed by atoms with van der Waals surface area (Å²) in [6.07, 6.45) is 7.69. The molecule has 0 N–H and O–H groups in total. The Morgan fingerprint density at radius 1 is 1.24 bits per heavy atom. The molecule has 1 aliphatic heterocycles. The van der Waals surface area contributed by atoms with E-state index >= 15 is 0 Å². The van der Waals surface area contributed by atoms with Crippen LogP contribution in [0.3, 0.4) is 0 Å². The monoisotopic (exact) mass is 431 g/mol. The largest absolute Gasteiger partial charge is 0.341 e. The minimum absolute atomic E-state index is 0.119. The molecule has 8 heteroatoms. The molecule has 0 saturated carbocycles. The van der Waals surface area contributed by atoms with Crippen LogP contribution in [0.15, 0.2) is 41.2 Å². The van der Waals surface area contributed by atoms with Crippen molar-refractivity contribution in [3.05, 3.63) is 41.1 Å². The van der Waals surface area contributed by atoms with Gasteiger partial charge in [0.05, 0.1) is 11.4 Å². The van der Waals surface area contributed by atoms with Crippen molar-refractivity contribution in [1.82, 2.24) is 19.7 Å². The predicted molar refractivity (Wildman–Crippen MR) is 118 cm³/mol. The summed E-state index contributed by atoms with van der Waals surface area (Å²) in [6, 6.07) is 7.70. The first-order valence-electron chi connectivity index (χ1n) is 10.3. The second-order valence-corrected chi connectivity index (χ2v) is 8.69. The maximum Gasteiger partial charge on any atom is 0.237 e. The summed E-state index contributed by atoms with van der Waals surface area (Å²) in [5.41, 5.74) is 2.08. The van der Waals surface area contributed by atoms with Gasteiger partial charge in [-0.3, -0.25) is 9.36 Å². The highest BCUT2D eigenvalue weighted by molar-refractivity contribution is 7.99. The third-order valence-corrected chi connectivity index (χ3v) is 6.53. The number of allylic oxidation sites excluding steroid dienone is 2. The maximum absolute atomic E-state index is 12.9. The molecule has 2 heterocycles. The lowest BCUT2D eigenvalue weighted by molar-refractivity contribution is -0.126. The zero-order chi connectivity index (χ0) is 20.2. The number of aromatic nitrogens is 3. The fourth-order valence-corrected chi connectivity index (χ4v) is 4.97. The van der Waals surface area contributed by atoms with E-state index in [-0.39, 0.29) is 5.91 Å². The summed E-state index contributed by atoms with van der Waals surface area (Å²) in [5.74, 6) is 1.28. The molecule has 1 amide bonds. The van der Waals surface area contributed by atoms with E-state index in [1.807, 2.05) is 40.7 Å². The van der Waals surface area contributed by atoms with E-state index in [0.717, 1.165) is 67.7 Å². The highest BCUT2D eigenvalue weighted by Gasteiger charge is 2.24. The number of benzene rings is 1. The molecule has 1 saturated heterocycles. The number of anilines is 1. The Hall–Kier alpha value is -1.99. The number of nitrogens with zero attached hydrogens (tertiary/aromatic N) is 5. The molecule has 2 aliphatic rings. The first-order valence-corrected chi connectivity index (χ1v) is 11.6. The highest BCUT2D eigenvalue weighted by Crippen LogP contribution is 2.30. The standard InChI is InChI=1S/C21H26ClN5OS/c1-2-26(17-9-3-4-10-17)19(28)15-29-21-24-23-20(25-12-5-6-13-25)27(21)18-11-7-8-16(22)14-18/h7-9,11,14H,2-6,10,12-13,15H2,1H3. The first-order chi connectivity index (χ1) is 14.2. The van der Waals surface area contributed by atoms with Gasteiger partial charge in [-0.1, -0.05) is 35.5 Å². The molecular weight excluding hydrogens is 406 g/mol. The van der Waals surface area contributed by atoms with Gasteiger partial charge in [-0.25, -0.2) is 0 Å². The number of carbonyl (C=O) groups excluding carboxylic acids is 1. The van der Waals surface area contributed by atoms with Crippen molar-refractivity contribution >= 4 is 35.2 Å². The number of thioether (sulfide) groups is 1. The van der Waals surface area contributed by atoms with E-state index in [1.54, 1.807) is 0 Å². The van der Waals surface area contributed by atoms with Gasteiger partial charge in [-0.2, -0.15) is 0 Å². The third kappa shape index (κ3) is 4.46. The summed E-state index contributed by atoms with van der Waals surface area (Å²) in [4.78, 5) is 17.0. The fourth-order valence-electron chi connectivity index (χ4n) is 3.96. The van der Waals surface area contributed by atoms with E-state index in [2.05, 4.69) is 21.2 Å². The maximum atomic E-state index is 12.9. The van der Waals surface area contributed by atoms with Crippen LogP contribution in [0.4, 0.5) is 5.95 Å². The highest BCUT2D eigenvalue weighted by atomic mass is 35.5. The smallest absolute Gasteiger partial charge is 0.237 e. The Bertz CT molecular complexity index is 906. The second kappa shape index (κ2) is 9.22. The van der Waals surface area contributed by atoms with Gasteiger partial charge in [0.2, 0.25) is 11.9 Å².